The molecular formula is C7H11N3O3S. The number of likely N-dealkylation sites (tertiary alicyclic amines) is 1. The molecule has 14 heavy (non-hydrogen) atoms. The predicted octanol–water partition coefficient (Wildman–Crippen LogP) is 0.0857. The molecule has 6 nitrogen and oxygen atoms in total. The summed E-state index contributed by atoms with van der Waals surface area (Å²) in [5.74, 6) is -0.378. The molecule has 7 heteroatoms. The van der Waals surface area contributed by atoms with E-state index in [1.807, 2.05) is 0 Å². The van der Waals surface area contributed by atoms with E-state index >= 15 is 0 Å². The first kappa shape index (κ1) is 9.45. The van der Waals surface area contributed by atoms with Crippen LogP contribution in [0.5, 0.6) is 0 Å². The van der Waals surface area contributed by atoms with Gasteiger partial charge in [-0.1, -0.05) is 0 Å². The molecule has 78 valence electrons. The van der Waals surface area contributed by atoms with E-state index < -0.39 is 16.1 Å². The molecule has 0 aliphatic carbocycles. The summed E-state index contributed by atoms with van der Waals surface area (Å²) >= 11 is 0. The first-order valence-electron chi connectivity index (χ1n) is 4.48. The van der Waals surface area contributed by atoms with E-state index in [-0.39, 0.29) is 5.84 Å². The summed E-state index contributed by atoms with van der Waals surface area (Å²) in [4.78, 5) is 1.76. The lowest BCUT2D eigenvalue weighted by molar-refractivity contribution is 0.342. The van der Waals surface area contributed by atoms with Crippen molar-refractivity contribution in [3.8, 4) is 0 Å². The first-order chi connectivity index (χ1) is 6.58. The summed E-state index contributed by atoms with van der Waals surface area (Å²) in [6.45, 7) is 1.46. The molecule has 0 aromatic heterocycles. The van der Waals surface area contributed by atoms with Gasteiger partial charge in [-0.3, -0.25) is 0 Å². The van der Waals surface area contributed by atoms with E-state index in [4.69, 9.17) is 0 Å². The average Bonchev–Trinajstić information content (AvgIpc) is 2.41. The molecule has 0 aromatic rings. The fourth-order valence-corrected chi connectivity index (χ4v) is 2.38. The predicted molar refractivity (Wildman–Crippen MR) is 51.8 cm³/mol. The van der Waals surface area contributed by atoms with Gasteiger partial charge in [0.15, 0.2) is 0 Å². The Bertz CT molecular complexity index is 392. The smallest absolute Gasteiger partial charge is 0.368 e. The van der Waals surface area contributed by atoms with Gasteiger partial charge in [0.25, 0.3) is 5.90 Å². The van der Waals surface area contributed by atoms with Crippen molar-refractivity contribution in [1.82, 2.24) is 4.90 Å². The molecule has 0 aromatic carbocycles. The van der Waals surface area contributed by atoms with Crippen molar-refractivity contribution in [3.05, 3.63) is 0 Å². The highest BCUT2D eigenvalue weighted by Crippen LogP contribution is 2.14. The Balaban J connectivity index is 2.23. The first-order valence-corrected chi connectivity index (χ1v) is 5.87. The van der Waals surface area contributed by atoms with Gasteiger partial charge >= 0.3 is 10.2 Å². The minimum Gasteiger partial charge on any atom is -0.490 e. The zero-order valence-electron chi connectivity index (χ0n) is 7.55. The van der Waals surface area contributed by atoms with Crippen LogP contribution in [-0.2, 0) is 10.2 Å². The number of aliphatic hydroxyl groups excluding tert-OH is 1. The molecule has 0 bridgehead atoms. The third-order valence-electron chi connectivity index (χ3n) is 2.26. The van der Waals surface area contributed by atoms with Gasteiger partial charge in [-0.15, -0.1) is 8.80 Å². The maximum absolute atomic E-state index is 10.9. The van der Waals surface area contributed by atoms with Crippen molar-refractivity contribution in [2.45, 2.75) is 19.3 Å². The topological polar surface area (TPSA) is 82.3 Å². The molecule has 1 saturated heterocycles. The minimum atomic E-state index is -3.81. The molecule has 0 radical (unpaired) electrons. The van der Waals surface area contributed by atoms with Crippen LogP contribution >= 0.6 is 0 Å². The van der Waals surface area contributed by atoms with Gasteiger partial charge in [0.1, 0.15) is 0 Å². The largest absolute Gasteiger partial charge is 0.490 e. The number of piperidine rings is 1. The number of rotatable bonds is 0. The molecule has 0 unspecified atom stereocenters. The maximum Gasteiger partial charge on any atom is 0.368 e. The van der Waals surface area contributed by atoms with Crippen molar-refractivity contribution in [2.24, 2.45) is 8.80 Å². The van der Waals surface area contributed by atoms with E-state index in [0.29, 0.717) is 0 Å². The van der Waals surface area contributed by atoms with Crippen LogP contribution in [0.2, 0.25) is 0 Å². The average molecular weight is 217 g/mol. The normalized spacial score (nSPS) is 25.9. The molecule has 0 spiro atoms. The van der Waals surface area contributed by atoms with Gasteiger partial charge < -0.3 is 10.0 Å². The van der Waals surface area contributed by atoms with Gasteiger partial charge in [0.05, 0.1) is 0 Å². The molecular weight excluding hydrogens is 206 g/mol. The van der Waals surface area contributed by atoms with Crippen molar-refractivity contribution < 1.29 is 13.5 Å². The number of hydrogen-bond donors (Lipinski definition) is 1. The summed E-state index contributed by atoms with van der Waals surface area (Å²) in [5, 5.41) is 9.28. The number of nitrogens with zero attached hydrogens (tertiary/aromatic N) is 3. The summed E-state index contributed by atoms with van der Waals surface area (Å²) in [7, 11) is -3.81. The molecule has 1 fully saturated rings. The summed E-state index contributed by atoms with van der Waals surface area (Å²) < 4.78 is 28.3. The number of amidine groups is 1. The molecule has 2 heterocycles. The third kappa shape index (κ3) is 1.72. The van der Waals surface area contributed by atoms with Crippen LogP contribution in [0.3, 0.4) is 0 Å². The van der Waals surface area contributed by atoms with Crippen LogP contribution in [0.25, 0.3) is 0 Å². The minimum absolute atomic E-state index is 0.102. The second kappa shape index (κ2) is 3.23. The van der Waals surface area contributed by atoms with Gasteiger partial charge in [0, 0.05) is 13.1 Å². The molecule has 2 rings (SSSR count). The second-order valence-corrected chi connectivity index (χ2v) is 4.59. The Morgan fingerprint density at radius 3 is 2.29 bits per heavy atom. The van der Waals surface area contributed by atoms with Crippen molar-refractivity contribution in [1.29, 1.82) is 0 Å². The third-order valence-corrected chi connectivity index (χ3v) is 3.07. The molecule has 2 aliphatic heterocycles. The fraction of sp³-hybridized carbons (Fsp3) is 0.714. The van der Waals surface area contributed by atoms with Gasteiger partial charge in [-0.2, -0.15) is 8.42 Å². The molecule has 2 aliphatic rings. The van der Waals surface area contributed by atoms with Gasteiger partial charge in [-0.05, 0) is 19.3 Å². The zero-order chi connectivity index (χ0) is 10.2. The summed E-state index contributed by atoms with van der Waals surface area (Å²) in [6, 6.07) is 0. The quantitative estimate of drug-likeness (QED) is 0.623. The Morgan fingerprint density at radius 2 is 1.79 bits per heavy atom. The SMILES string of the molecule is O=S1(=O)N=C(O)C(N2CCCCC2)=N1. The fourth-order valence-electron chi connectivity index (χ4n) is 1.63. The Labute approximate surface area is 82.2 Å². The molecule has 0 amide bonds. The van der Waals surface area contributed by atoms with Crippen LogP contribution in [-0.4, -0.2) is 43.2 Å². The van der Waals surface area contributed by atoms with Crippen molar-refractivity contribution in [3.63, 3.8) is 0 Å². The summed E-state index contributed by atoms with van der Waals surface area (Å²) in [5.41, 5.74) is 0. The molecule has 0 atom stereocenters. The van der Waals surface area contributed by atoms with E-state index in [0.717, 1.165) is 32.4 Å². The highest BCUT2D eigenvalue weighted by molar-refractivity contribution is 7.89. The van der Waals surface area contributed by atoms with Crippen LogP contribution < -0.4 is 0 Å². The van der Waals surface area contributed by atoms with E-state index in [2.05, 4.69) is 8.80 Å². The second-order valence-electron chi connectivity index (χ2n) is 3.33. The van der Waals surface area contributed by atoms with Crippen LogP contribution in [0.4, 0.5) is 0 Å². The number of hydrogen-bond acceptors (Lipinski definition) is 3. The monoisotopic (exact) mass is 217 g/mol. The molecule has 0 saturated carbocycles. The number of aliphatic hydroxyl groups is 1. The highest BCUT2D eigenvalue weighted by atomic mass is 32.2. The van der Waals surface area contributed by atoms with Crippen LogP contribution in [0.1, 0.15) is 19.3 Å². The van der Waals surface area contributed by atoms with E-state index in [1.165, 1.54) is 0 Å². The van der Waals surface area contributed by atoms with E-state index in [9.17, 15) is 13.5 Å². The Kier molecular flexibility index (Phi) is 2.18. The Morgan fingerprint density at radius 1 is 1.14 bits per heavy atom. The molecule has 1 N–H and O–H groups in total. The van der Waals surface area contributed by atoms with Crippen molar-refractivity contribution in [2.75, 3.05) is 13.1 Å². The standard InChI is InChI=1S/C7H11N3O3S/c11-7-6(8-14(12,13)9-7)10-4-2-1-3-5-10/h1-5H2,(H,9,11). The highest BCUT2D eigenvalue weighted by Gasteiger charge is 2.28. The maximum atomic E-state index is 10.9. The summed E-state index contributed by atoms with van der Waals surface area (Å²) in [6.07, 6.45) is 3.12. The van der Waals surface area contributed by atoms with Crippen LogP contribution in [0.15, 0.2) is 8.80 Å². The van der Waals surface area contributed by atoms with Crippen LogP contribution in [0, 0.1) is 0 Å². The van der Waals surface area contributed by atoms with E-state index in [1.54, 1.807) is 4.90 Å². The van der Waals surface area contributed by atoms with Gasteiger partial charge in [0.2, 0.25) is 5.84 Å². The van der Waals surface area contributed by atoms with Gasteiger partial charge in [-0.25, -0.2) is 0 Å². The lowest BCUT2D eigenvalue weighted by Gasteiger charge is -2.26. The van der Waals surface area contributed by atoms with Crippen molar-refractivity contribution >= 4 is 21.9 Å². The zero-order valence-corrected chi connectivity index (χ0v) is 8.37. The lowest BCUT2D eigenvalue weighted by atomic mass is 10.1. The lowest BCUT2D eigenvalue weighted by Crippen LogP contribution is -2.39. The Hall–Kier alpha value is -1.11.